The van der Waals surface area contributed by atoms with E-state index in [-0.39, 0.29) is 56.8 Å². The molecular weight excluding hydrogens is 512 g/mol. The van der Waals surface area contributed by atoms with Crippen molar-refractivity contribution in [2.75, 3.05) is 33.6 Å². The number of aryl methyl sites for hydroxylation is 1. The number of carbonyl (C=O) groups is 2. The number of hydrogen-bond donors (Lipinski definition) is 0. The quantitative estimate of drug-likeness (QED) is 0.297. The molecule has 0 spiro atoms. The average molecular weight is 543 g/mol. The molecule has 3 aromatic carbocycles. The second-order valence-corrected chi connectivity index (χ2v) is 9.61. The zero-order valence-electron chi connectivity index (χ0n) is 22.4. The van der Waals surface area contributed by atoms with Crippen molar-refractivity contribution in [2.24, 2.45) is 0 Å². The summed E-state index contributed by atoms with van der Waals surface area (Å²) in [6.07, 6.45) is 1.41. The van der Waals surface area contributed by atoms with E-state index in [2.05, 4.69) is 0 Å². The highest BCUT2D eigenvalue weighted by Gasteiger charge is 2.25. The first-order valence-corrected chi connectivity index (χ1v) is 12.9. The van der Waals surface area contributed by atoms with E-state index in [0.717, 1.165) is 11.1 Å². The van der Waals surface area contributed by atoms with Gasteiger partial charge in [0.25, 0.3) is 5.91 Å². The van der Waals surface area contributed by atoms with E-state index in [1.807, 2.05) is 43.3 Å². The molecule has 9 heteroatoms. The molecule has 1 aliphatic heterocycles. The number of benzene rings is 3. The molecule has 1 aromatic heterocycles. The Morgan fingerprint density at radius 3 is 2.52 bits per heavy atom. The molecule has 0 unspecified atom stereocenters. The van der Waals surface area contributed by atoms with Crippen molar-refractivity contribution in [3.05, 3.63) is 105 Å². The lowest BCUT2D eigenvalue weighted by atomic mass is 10.1. The molecule has 9 nitrogen and oxygen atoms in total. The predicted molar refractivity (Wildman–Crippen MR) is 148 cm³/mol. The Morgan fingerprint density at radius 1 is 0.925 bits per heavy atom. The maximum atomic E-state index is 13.8. The van der Waals surface area contributed by atoms with Crippen molar-refractivity contribution in [1.29, 1.82) is 0 Å². The molecule has 2 amide bonds. The van der Waals surface area contributed by atoms with Gasteiger partial charge in [0.2, 0.25) is 12.7 Å². The van der Waals surface area contributed by atoms with Gasteiger partial charge in [-0.25, -0.2) is 0 Å². The van der Waals surface area contributed by atoms with Crippen LogP contribution in [0, 0.1) is 6.92 Å². The van der Waals surface area contributed by atoms with Gasteiger partial charge in [0.05, 0.1) is 30.4 Å². The highest BCUT2D eigenvalue weighted by molar-refractivity contribution is 5.97. The third kappa shape index (κ3) is 6.00. The first kappa shape index (κ1) is 27.0. The zero-order valence-corrected chi connectivity index (χ0v) is 22.4. The van der Waals surface area contributed by atoms with E-state index in [9.17, 15) is 14.4 Å². The highest BCUT2D eigenvalue weighted by Crippen LogP contribution is 2.32. The smallest absolute Gasteiger partial charge is 0.254 e. The lowest BCUT2D eigenvalue weighted by molar-refractivity contribution is -0.133. The number of hydrogen-bond acceptors (Lipinski definition) is 7. The first-order valence-electron chi connectivity index (χ1n) is 12.9. The summed E-state index contributed by atoms with van der Waals surface area (Å²) in [6, 6.07) is 19.8. The van der Waals surface area contributed by atoms with Crippen LogP contribution in [0.3, 0.4) is 0 Å². The van der Waals surface area contributed by atoms with Crippen LogP contribution in [0.1, 0.15) is 27.0 Å². The number of ether oxygens (including phenoxy) is 3. The van der Waals surface area contributed by atoms with Gasteiger partial charge in [0.1, 0.15) is 12.1 Å². The first-order chi connectivity index (χ1) is 19.4. The summed E-state index contributed by atoms with van der Waals surface area (Å²) in [5.74, 6) is 0.379. The second-order valence-electron chi connectivity index (χ2n) is 9.61. The van der Waals surface area contributed by atoms with Crippen molar-refractivity contribution in [1.82, 2.24) is 9.80 Å². The van der Waals surface area contributed by atoms with Gasteiger partial charge in [0.15, 0.2) is 16.9 Å². The van der Waals surface area contributed by atoms with Gasteiger partial charge in [-0.2, -0.15) is 0 Å². The van der Waals surface area contributed by atoms with Crippen molar-refractivity contribution in [3.8, 4) is 11.5 Å². The number of fused-ring (bicyclic) bond motifs is 2. The molecule has 0 fully saturated rings. The molecule has 0 radical (unpaired) electrons. The third-order valence-corrected chi connectivity index (χ3v) is 6.73. The van der Waals surface area contributed by atoms with Crippen LogP contribution in [0.5, 0.6) is 11.5 Å². The Bertz CT molecular complexity index is 1580. The number of amides is 2. The largest absolute Gasteiger partial charge is 0.464 e. The summed E-state index contributed by atoms with van der Waals surface area (Å²) in [6.45, 7) is 2.51. The molecule has 1 aliphatic rings. The van der Waals surface area contributed by atoms with E-state index in [0.29, 0.717) is 33.6 Å². The van der Waals surface area contributed by atoms with Crippen LogP contribution < -0.4 is 14.9 Å². The van der Waals surface area contributed by atoms with Crippen molar-refractivity contribution < 1.29 is 28.2 Å². The molecule has 0 N–H and O–H groups in total. The number of methoxy groups -OCH3 is 1. The summed E-state index contributed by atoms with van der Waals surface area (Å²) < 4.78 is 21.7. The maximum absolute atomic E-state index is 13.8. The van der Waals surface area contributed by atoms with Crippen molar-refractivity contribution >= 4 is 22.8 Å². The molecule has 4 aromatic rings. The Hall–Kier alpha value is -4.63. The molecule has 0 atom stereocenters. The molecule has 0 bridgehead atoms. The average Bonchev–Trinajstić information content (AvgIpc) is 3.44. The van der Waals surface area contributed by atoms with Gasteiger partial charge >= 0.3 is 0 Å². The van der Waals surface area contributed by atoms with E-state index >= 15 is 0 Å². The topological polar surface area (TPSA) is 98.5 Å². The minimum Gasteiger partial charge on any atom is -0.464 e. The molecule has 0 saturated carbocycles. The minimum atomic E-state index is -0.343. The number of carbonyl (C=O) groups excluding carboxylic acids is 2. The van der Waals surface area contributed by atoms with Gasteiger partial charge in [-0.1, -0.05) is 42.0 Å². The number of nitrogens with zero attached hydrogens (tertiary/aromatic N) is 2. The van der Waals surface area contributed by atoms with Crippen molar-refractivity contribution in [3.63, 3.8) is 0 Å². The van der Waals surface area contributed by atoms with E-state index in [4.69, 9.17) is 18.6 Å². The fourth-order valence-electron chi connectivity index (χ4n) is 4.57. The standard InChI is InChI=1S/C31H30N2O7/c1-21-8-10-26-25(14-21)30(35)24(19-38-26)17-33(16-22-6-4-3-5-7-22)29(34)18-32(12-13-37-2)31(36)23-9-11-27-28(15-23)40-20-39-27/h3-11,14-15,19H,12-13,16-18,20H2,1-2H3. The monoisotopic (exact) mass is 542 g/mol. The van der Waals surface area contributed by atoms with E-state index in [1.165, 1.54) is 18.3 Å². The third-order valence-electron chi connectivity index (χ3n) is 6.73. The molecular formula is C31H30N2O7. The van der Waals surface area contributed by atoms with Gasteiger partial charge < -0.3 is 28.4 Å². The predicted octanol–water partition coefficient (Wildman–Crippen LogP) is 4.15. The molecule has 5 rings (SSSR count). The fraction of sp³-hybridized carbons (Fsp3) is 0.258. The van der Waals surface area contributed by atoms with Crippen LogP contribution >= 0.6 is 0 Å². The molecule has 0 saturated heterocycles. The van der Waals surface area contributed by atoms with Crippen LogP contribution in [0.2, 0.25) is 0 Å². The summed E-state index contributed by atoms with van der Waals surface area (Å²) in [5, 5.41) is 0.462. The Labute approximate surface area is 231 Å². The zero-order chi connectivity index (χ0) is 28.1. The summed E-state index contributed by atoms with van der Waals surface area (Å²) in [5.41, 5.74) is 2.84. The SMILES string of the molecule is COCCN(CC(=O)N(Cc1ccccc1)Cc1coc2ccc(C)cc2c1=O)C(=O)c1ccc2c(c1)OCO2. The van der Waals surface area contributed by atoms with Crippen LogP contribution in [0.25, 0.3) is 11.0 Å². The summed E-state index contributed by atoms with van der Waals surface area (Å²) in [7, 11) is 1.54. The summed E-state index contributed by atoms with van der Waals surface area (Å²) >= 11 is 0. The lowest BCUT2D eigenvalue weighted by Crippen LogP contribution is -2.44. The van der Waals surface area contributed by atoms with Crippen LogP contribution in [-0.4, -0.2) is 55.2 Å². The van der Waals surface area contributed by atoms with Crippen LogP contribution in [0.4, 0.5) is 0 Å². The Kier molecular flexibility index (Phi) is 8.12. The van der Waals surface area contributed by atoms with Gasteiger partial charge in [-0.3, -0.25) is 14.4 Å². The molecule has 2 heterocycles. The van der Waals surface area contributed by atoms with Crippen LogP contribution in [-0.2, 0) is 22.6 Å². The lowest BCUT2D eigenvalue weighted by Gasteiger charge is -2.28. The van der Waals surface area contributed by atoms with Gasteiger partial charge in [-0.05, 0) is 42.8 Å². The molecule has 206 valence electrons. The Morgan fingerprint density at radius 2 is 1.73 bits per heavy atom. The van der Waals surface area contributed by atoms with E-state index in [1.54, 1.807) is 35.2 Å². The number of rotatable bonds is 10. The fourth-order valence-corrected chi connectivity index (χ4v) is 4.57. The minimum absolute atomic E-state index is 0.0241. The maximum Gasteiger partial charge on any atom is 0.254 e. The Balaban J connectivity index is 1.42. The second kappa shape index (κ2) is 12.0. The molecule has 40 heavy (non-hydrogen) atoms. The van der Waals surface area contributed by atoms with Crippen molar-refractivity contribution in [2.45, 2.75) is 20.0 Å². The van der Waals surface area contributed by atoms with Gasteiger partial charge in [0, 0.05) is 25.8 Å². The highest BCUT2D eigenvalue weighted by atomic mass is 16.7. The van der Waals surface area contributed by atoms with Crippen LogP contribution in [0.15, 0.2) is 82.2 Å². The van der Waals surface area contributed by atoms with E-state index < -0.39 is 0 Å². The molecule has 0 aliphatic carbocycles. The van der Waals surface area contributed by atoms with Gasteiger partial charge in [-0.15, -0.1) is 0 Å². The summed E-state index contributed by atoms with van der Waals surface area (Å²) in [4.78, 5) is 43.6. The normalized spacial score (nSPS) is 11.9.